The second kappa shape index (κ2) is 8.15. The molecule has 0 radical (unpaired) electrons. The molecule has 2 aromatic carbocycles. The first kappa shape index (κ1) is 18.1. The van der Waals surface area contributed by atoms with E-state index < -0.39 is 0 Å². The first-order valence-corrected chi connectivity index (χ1v) is 11.2. The minimum absolute atomic E-state index is 0.124. The quantitative estimate of drug-likeness (QED) is 0.431. The lowest BCUT2D eigenvalue weighted by molar-refractivity contribution is 0.293. The van der Waals surface area contributed by atoms with Gasteiger partial charge in [-0.3, -0.25) is 4.79 Å². The number of hydrogen-bond acceptors (Lipinski definition) is 3. The monoisotopic (exact) mass is 430 g/mol. The zero-order valence-electron chi connectivity index (χ0n) is 14.8. The topological polar surface area (TPSA) is 25.2 Å². The lowest BCUT2D eigenvalue weighted by atomic mass is 10.1. The maximum atomic E-state index is 12.9. The lowest BCUT2D eigenvalue weighted by Crippen LogP contribution is -2.33. The van der Waals surface area contributed by atoms with Gasteiger partial charge in [0.05, 0.1) is 11.0 Å². The third kappa shape index (κ3) is 3.71. The normalized spacial score (nSPS) is 15.7. The van der Waals surface area contributed by atoms with Gasteiger partial charge in [-0.25, -0.2) is 0 Å². The first-order valence-electron chi connectivity index (χ1n) is 9.25. The van der Waals surface area contributed by atoms with Crippen LogP contribution in [0.1, 0.15) is 12.8 Å². The number of para-hydroxylation sites is 1. The summed E-state index contributed by atoms with van der Waals surface area (Å²) < 4.78 is 3.27. The summed E-state index contributed by atoms with van der Waals surface area (Å²) >= 11 is 5.57. The van der Waals surface area contributed by atoms with Crippen molar-refractivity contribution in [2.24, 2.45) is 0 Å². The molecule has 5 heteroatoms. The molecule has 0 N–H and O–H groups in total. The summed E-state index contributed by atoms with van der Waals surface area (Å²) in [4.78, 5) is 15.5. The zero-order chi connectivity index (χ0) is 17.9. The number of aryl methyl sites for hydroxylation is 1. The molecular formula is C21H23BrN2OS. The summed E-state index contributed by atoms with van der Waals surface area (Å²) in [6, 6.07) is 14.0. The molecule has 4 rings (SSSR count). The third-order valence-corrected chi connectivity index (χ3v) is 6.58. The van der Waals surface area contributed by atoms with E-state index in [-0.39, 0.29) is 5.43 Å². The highest BCUT2D eigenvalue weighted by molar-refractivity contribution is 9.10. The van der Waals surface area contributed by atoms with Crippen LogP contribution in [-0.2, 0) is 6.54 Å². The Morgan fingerprint density at radius 3 is 2.50 bits per heavy atom. The molecule has 0 bridgehead atoms. The molecule has 0 aliphatic carbocycles. The number of unbranched alkanes of at least 4 members (excludes halogenated alkanes) is 1. The Labute approximate surface area is 166 Å². The molecule has 136 valence electrons. The van der Waals surface area contributed by atoms with Crippen molar-refractivity contribution in [3.05, 3.63) is 57.2 Å². The Bertz CT molecular complexity index is 979. The lowest BCUT2D eigenvalue weighted by Gasteiger charge is -2.26. The highest BCUT2D eigenvalue weighted by Crippen LogP contribution is 2.23. The van der Waals surface area contributed by atoms with Gasteiger partial charge in [0.2, 0.25) is 0 Å². The second-order valence-corrected chi connectivity index (χ2v) is 8.96. The van der Waals surface area contributed by atoms with Crippen molar-refractivity contribution >= 4 is 49.5 Å². The van der Waals surface area contributed by atoms with Crippen LogP contribution in [0.5, 0.6) is 0 Å². The van der Waals surface area contributed by atoms with E-state index in [0.717, 1.165) is 39.2 Å². The highest BCUT2D eigenvalue weighted by Gasteiger charge is 2.12. The van der Waals surface area contributed by atoms with E-state index in [1.165, 1.54) is 37.6 Å². The van der Waals surface area contributed by atoms with Gasteiger partial charge in [0.15, 0.2) is 5.43 Å². The SMILES string of the molecule is O=c1c2ccccc2n(CCCCN2CCSCC2)c2ccc(Br)cc12. The highest BCUT2D eigenvalue weighted by atomic mass is 79.9. The van der Waals surface area contributed by atoms with Crippen molar-refractivity contribution < 1.29 is 0 Å². The number of thioether (sulfide) groups is 1. The number of pyridine rings is 1. The molecule has 1 aliphatic heterocycles. The van der Waals surface area contributed by atoms with Crippen molar-refractivity contribution in [3.63, 3.8) is 0 Å². The van der Waals surface area contributed by atoms with E-state index in [4.69, 9.17) is 0 Å². The molecule has 1 aliphatic rings. The molecule has 1 saturated heterocycles. The van der Waals surface area contributed by atoms with Crippen LogP contribution in [0.15, 0.2) is 51.7 Å². The summed E-state index contributed by atoms with van der Waals surface area (Å²) in [5.41, 5.74) is 2.20. The summed E-state index contributed by atoms with van der Waals surface area (Å²) in [6.07, 6.45) is 2.32. The smallest absolute Gasteiger partial charge is 0.197 e. The summed E-state index contributed by atoms with van der Waals surface area (Å²) in [5.74, 6) is 2.54. The van der Waals surface area contributed by atoms with Crippen LogP contribution < -0.4 is 5.43 Å². The fraction of sp³-hybridized carbons (Fsp3) is 0.381. The van der Waals surface area contributed by atoms with Gasteiger partial charge in [-0.05, 0) is 49.7 Å². The van der Waals surface area contributed by atoms with Crippen LogP contribution in [0, 0.1) is 0 Å². The molecule has 26 heavy (non-hydrogen) atoms. The Hall–Kier alpha value is -1.30. The van der Waals surface area contributed by atoms with Crippen molar-refractivity contribution in [1.82, 2.24) is 9.47 Å². The van der Waals surface area contributed by atoms with Gasteiger partial charge in [-0.2, -0.15) is 11.8 Å². The molecule has 0 saturated carbocycles. The largest absolute Gasteiger partial charge is 0.340 e. The fourth-order valence-electron chi connectivity index (χ4n) is 3.77. The summed E-state index contributed by atoms with van der Waals surface area (Å²) in [6.45, 7) is 4.58. The first-order chi connectivity index (χ1) is 12.7. The molecule has 3 aromatic rings. The third-order valence-electron chi connectivity index (χ3n) is 5.14. The van der Waals surface area contributed by atoms with E-state index in [1.54, 1.807) is 0 Å². The number of fused-ring (bicyclic) bond motifs is 2. The van der Waals surface area contributed by atoms with Crippen LogP contribution in [-0.4, -0.2) is 40.6 Å². The Morgan fingerprint density at radius 2 is 1.65 bits per heavy atom. The van der Waals surface area contributed by atoms with Crippen molar-refractivity contribution in [2.45, 2.75) is 19.4 Å². The van der Waals surface area contributed by atoms with Gasteiger partial charge < -0.3 is 9.47 Å². The van der Waals surface area contributed by atoms with Gasteiger partial charge in [-0.1, -0.05) is 28.1 Å². The Morgan fingerprint density at radius 1 is 0.923 bits per heavy atom. The molecule has 0 spiro atoms. The van der Waals surface area contributed by atoms with E-state index in [2.05, 4.69) is 49.3 Å². The van der Waals surface area contributed by atoms with Crippen LogP contribution >= 0.6 is 27.7 Å². The van der Waals surface area contributed by atoms with Crippen molar-refractivity contribution in [3.8, 4) is 0 Å². The number of hydrogen-bond donors (Lipinski definition) is 0. The Balaban J connectivity index is 1.62. The van der Waals surface area contributed by atoms with E-state index >= 15 is 0 Å². The molecule has 3 nitrogen and oxygen atoms in total. The maximum Gasteiger partial charge on any atom is 0.197 e. The Kier molecular flexibility index (Phi) is 5.67. The van der Waals surface area contributed by atoms with Crippen molar-refractivity contribution in [2.75, 3.05) is 31.1 Å². The standard InChI is InChI=1S/C21H23BrN2OS/c22-16-7-8-20-18(15-16)21(25)17-5-1-2-6-19(17)24(20)10-4-3-9-23-11-13-26-14-12-23/h1-2,5-8,15H,3-4,9-14H2. The number of rotatable bonds is 5. The van der Waals surface area contributed by atoms with E-state index in [0.29, 0.717) is 0 Å². The van der Waals surface area contributed by atoms with Crippen LogP contribution in [0.2, 0.25) is 0 Å². The van der Waals surface area contributed by atoms with Gasteiger partial charge in [0, 0.05) is 46.4 Å². The molecule has 0 amide bonds. The molecular weight excluding hydrogens is 408 g/mol. The van der Waals surface area contributed by atoms with E-state index in [9.17, 15) is 4.79 Å². The fourth-order valence-corrected chi connectivity index (χ4v) is 5.11. The van der Waals surface area contributed by atoms with Crippen molar-refractivity contribution in [1.29, 1.82) is 0 Å². The molecule has 1 aromatic heterocycles. The second-order valence-electron chi connectivity index (χ2n) is 6.82. The van der Waals surface area contributed by atoms with Crippen LogP contribution in [0.25, 0.3) is 21.8 Å². The van der Waals surface area contributed by atoms with Gasteiger partial charge >= 0.3 is 0 Å². The average Bonchev–Trinajstić information content (AvgIpc) is 2.68. The zero-order valence-corrected chi connectivity index (χ0v) is 17.2. The molecule has 1 fully saturated rings. The van der Waals surface area contributed by atoms with Gasteiger partial charge in [0.25, 0.3) is 0 Å². The number of nitrogens with zero attached hydrogens (tertiary/aromatic N) is 2. The number of aromatic nitrogens is 1. The minimum Gasteiger partial charge on any atom is -0.340 e. The minimum atomic E-state index is 0.124. The van der Waals surface area contributed by atoms with Gasteiger partial charge in [0.1, 0.15) is 0 Å². The maximum absolute atomic E-state index is 12.9. The molecule has 2 heterocycles. The summed E-state index contributed by atoms with van der Waals surface area (Å²) in [7, 11) is 0. The predicted octanol–water partition coefficient (Wildman–Crippen LogP) is 4.75. The van der Waals surface area contributed by atoms with Gasteiger partial charge in [-0.15, -0.1) is 0 Å². The average molecular weight is 431 g/mol. The molecule has 0 atom stereocenters. The van der Waals surface area contributed by atoms with E-state index in [1.807, 2.05) is 30.3 Å². The summed E-state index contributed by atoms with van der Waals surface area (Å²) in [5, 5.41) is 1.61. The predicted molar refractivity (Wildman–Crippen MR) is 116 cm³/mol. The number of halogens is 1. The van der Waals surface area contributed by atoms with Crippen LogP contribution in [0.4, 0.5) is 0 Å². The van der Waals surface area contributed by atoms with Crippen LogP contribution in [0.3, 0.4) is 0 Å². The number of benzene rings is 2. The molecule has 0 unspecified atom stereocenters.